The minimum absolute atomic E-state index is 0.174. The molecule has 2 nitrogen and oxygen atoms in total. The van der Waals surface area contributed by atoms with Gasteiger partial charge in [-0.05, 0) is 42.9 Å². The number of hydrogen-bond donors (Lipinski definition) is 1. The average Bonchev–Trinajstić information content (AvgIpc) is 3.28. The Morgan fingerprint density at radius 2 is 2.19 bits per heavy atom. The largest absolute Gasteiger partial charge is 0.311 e. The molecule has 2 atom stereocenters. The van der Waals surface area contributed by atoms with Crippen LogP contribution in [0, 0.1) is 11.7 Å². The third kappa shape index (κ3) is 3.85. The molecule has 2 fully saturated rings. The second-order valence-electron chi connectivity index (χ2n) is 6.46. The molecule has 0 amide bonds. The molecule has 2 aliphatic rings. The smallest absolute Gasteiger partial charge is 0.124 e. The first-order valence-corrected chi connectivity index (χ1v) is 8.88. The van der Waals surface area contributed by atoms with Gasteiger partial charge in [0.15, 0.2) is 0 Å². The van der Waals surface area contributed by atoms with Gasteiger partial charge in [-0.2, -0.15) is 0 Å². The van der Waals surface area contributed by atoms with Gasteiger partial charge in [-0.1, -0.05) is 35.3 Å². The SMILES string of the molecule is CCCC1CNC(C2CC2)CN1Cc1ccc(F)cc1Br. The number of hydrogen-bond acceptors (Lipinski definition) is 2. The molecule has 0 radical (unpaired) electrons. The minimum atomic E-state index is -0.174. The highest BCUT2D eigenvalue weighted by molar-refractivity contribution is 9.10. The zero-order valence-corrected chi connectivity index (χ0v) is 14.2. The van der Waals surface area contributed by atoms with Gasteiger partial charge in [-0.3, -0.25) is 4.90 Å². The quantitative estimate of drug-likeness (QED) is 0.861. The number of benzene rings is 1. The lowest BCUT2D eigenvalue weighted by atomic mass is 10.0. The summed E-state index contributed by atoms with van der Waals surface area (Å²) in [6.07, 6.45) is 5.19. The normalized spacial score (nSPS) is 27.0. The van der Waals surface area contributed by atoms with Gasteiger partial charge in [-0.25, -0.2) is 4.39 Å². The molecule has 3 rings (SSSR count). The Labute approximate surface area is 135 Å². The number of nitrogens with one attached hydrogen (secondary N) is 1. The molecule has 116 valence electrons. The van der Waals surface area contributed by atoms with Gasteiger partial charge >= 0.3 is 0 Å². The van der Waals surface area contributed by atoms with Crippen molar-refractivity contribution in [1.82, 2.24) is 10.2 Å². The Morgan fingerprint density at radius 3 is 2.86 bits per heavy atom. The van der Waals surface area contributed by atoms with Crippen molar-refractivity contribution in [2.24, 2.45) is 5.92 Å². The minimum Gasteiger partial charge on any atom is -0.311 e. The van der Waals surface area contributed by atoms with Crippen molar-refractivity contribution < 1.29 is 4.39 Å². The lowest BCUT2D eigenvalue weighted by Crippen LogP contribution is -2.56. The maximum absolute atomic E-state index is 13.2. The van der Waals surface area contributed by atoms with Crippen LogP contribution in [0.4, 0.5) is 4.39 Å². The average molecular weight is 355 g/mol. The Kier molecular flexibility index (Phi) is 4.97. The zero-order chi connectivity index (χ0) is 14.8. The van der Waals surface area contributed by atoms with Gasteiger partial charge in [0, 0.05) is 36.2 Å². The lowest BCUT2D eigenvalue weighted by molar-refractivity contribution is 0.108. The molecule has 1 aliphatic carbocycles. The summed E-state index contributed by atoms with van der Waals surface area (Å²) in [6, 6.07) is 6.30. The molecule has 1 saturated carbocycles. The van der Waals surface area contributed by atoms with Crippen molar-refractivity contribution in [3.63, 3.8) is 0 Å². The summed E-state index contributed by atoms with van der Waals surface area (Å²) in [7, 11) is 0. The van der Waals surface area contributed by atoms with Crippen molar-refractivity contribution in [3.05, 3.63) is 34.1 Å². The molecule has 1 heterocycles. The maximum Gasteiger partial charge on any atom is 0.124 e. The molecule has 0 bridgehead atoms. The molecule has 2 unspecified atom stereocenters. The molecule has 0 spiro atoms. The number of nitrogens with zero attached hydrogens (tertiary/aromatic N) is 1. The van der Waals surface area contributed by atoms with E-state index in [1.165, 1.54) is 31.2 Å². The number of rotatable bonds is 5. The van der Waals surface area contributed by atoms with Crippen LogP contribution in [0.5, 0.6) is 0 Å². The van der Waals surface area contributed by atoms with Crippen molar-refractivity contribution >= 4 is 15.9 Å². The fourth-order valence-corrected chi connectivity index (χ4v) is 3.85. The predicted octanol–water partition coefficient (Wildman–Crippen LogP) is 3.94. The van der Waals surface area contributed by atoms with Crippen molar-refractivity contribution in [2.45, 2.75) is 51.2 Å². The van der Waals surface area contributed by atoms with Crippen LogP contribution >= 0.6 is 15.9 Å². The first-order valence-electron chi connectivity index (χ1n) is 8.08. The standard InChI is InChI=1S/C17H24BrFN2/c1-2-3-15-9-20-17(12-4-5-12)11-21(15)10-13-6-7-14(19)8-16(13)18/h6-8,12,15,17,20H,2-5,9-11H2,1H3. The van der Waals surface area contributed by atoms with Crippen LogP contribution in [-0.4, -0.2) is 30.1 Å². The van der Waals surface area contributed by atoms with Gasteiger partial charge in [0.25, 0.3) is 0 Å². The second kappa shape index (κ2) is 6.76. The summed E-state index contributed by atoms with van der Waals surface area (Å²) in [4.78, 5) is 2.60. The van der Waals surface area contributed by atoms with E-state index in [1.54, 1.807) is 12.1 Å². The summed E-state index contributed by atoms with van der Waals surface area (Å²) < 4.78 is 14.1. The van der Waals surface area contributed by atoms with Crippen molar-refractivity contribution in [3.8, 4) is 0 Å². The van der Waals surface area contributed by atoms with E-state index in [2.05, 4.69) is 33.1 Å². The molecule has 1 aromatic rings. The highest BCUT2D eigenvalue weighted by Crippen LogP contribution is 2.35. The molecular formula is C17H24BrFN2. The molecular weight excluding hydrogens is 331 g/mol. The number of halogens is 2. The second-order valence-corrected chi connectivity index (χ2v) is 7.31. The van der Waals surface area contributed by atoms with Crippen LogP contribution in [0.2, 0.25) is 0 Å². The first kappa shape index (κ1) is 15.4. The highest BCUT2D eigenvalue weighted by Gasteiger charge is 2.36. The van der Waals surface area contributed by atoms with E-state index in [1.807, 2.05) is 6.07 Å². The van der Waals surface area contributed by atoms with E-state index in [9.17, 15) is 4.39 Å². The third-order valence-electron chi connectivity index (χ3n) is 4.76. The third-order valence-corrected chi connectivity index (χ3v) is 5.50. The van der Waals surface area contributed by atoms with Crippen molar-refractivity contribution in [1.29, 1.82) is 0 Å². The van der Waals surface area contributed by atoms with E-state index in [0.717, 1.165) is 30.0 Å². The Bertz CT molecular complexity index is 490. The van der Waals surface area contributed by atoms with Gasteiger partial charge in [0.2, 0.25) is 0 Å². The topological polar surface area (TPSA) is 15.3 Å². The zero-order valence-electron chi connectivity index (χ0n) is 12.6. The summed E-state index contributed by atoms with van der Waals surface area (Å²) in [5.41, 5.74) is 1.19. The van der Waals surface area contributed by atoms with E-state index < -0.39 is 0 Å². The van der Waals surface area contributed by atoms with E-state index in [4.69, 9.17) is 0 Å². The Hall–Kier alpha value is -0.450. The van der Waals surface area contributed by atoms with E-state index in [-0.39, 0.29) is 5.82 Å². The summed E-state index contributed by atoms with van der Waals surface area (Å²) in [5.74, 6) is 0.707. The summed E-state index contributed by atoms with van der Waals surface area (Å²) >= 11 is 3.51. The van der Waals surface area contributed by atoms with E-state index in [0.29, 0.717) is 12.1 Å². The van der Waals surface area contributed by atoms with Gasteiger partial charge in [0.05, 0.1) is 0 Å². The molecule has 1 saturated heterocycles. The van der Waals surface area contributed by atoms with Crippen molar-refractivity contribution in [2.75, 3.05) is 13.1 Å². The van der Waals surface area contributed by atoms with Crippen LogP contribution in [0.3, 0.4) is 0 Å². The predicted molar refractivity (Wildman–Crippen MR) is 87.7 cm³/mol. The molecule has 0 aromatic heterocycles. The highest BCUT2D eigenvalue weighted by atomic mass is 79.9. The Balaban J connectivity index is 1.71. The van der Waals surface area contributed by atoms with Crippen LogP contribution in [0.1, 0.15) is 38.2 Å². The summed E-state index contributed by atoms with van der Waals surface area (Å²) in [6.45, 7) is 5.38. The van der Waals surface area contributed by atoms with E-state index >= 15 is 0 Å². The molecule has 4 heteroatoms. The summed E-state index contributed by atoms with van der Waals surface area (Å²) in [5, 5.41) is 3.74. The van der Waals surface area contributed by atoms with Crippen LogP contribution < -0.4 is 5.32 Å². The lowest BCUT2D eigenvalue weighted by Gasteiger charge is -2.41. The van der Waals surface area contributed by atoms with Crippen LogP contribution in [0.15, 0.2) is 22.7 Å². The maximum atomic E-state index is 13.2. The van der Waals surface area contributed by atoms with Gasteiger partial charge in [0.1, 0.15) is 5.82 Å². The fraction of sp³-hybridized carbons (Fsp3) is 0.647. The fourth-order valence-electron chi connectivity index (χ4n) is 3.38. The molecule has 1 aliphatic heterocycles. The molecule has 1 aromatic carbocycles. The van der Waals surface area contributed by atoms with Gasteiger partial charge in [-0.15, -0.1) is 0 Å². The van der Waals surface area contributed by atoms with Crippen LogP contribution in [0.25, 0.3) is 0 Å². The monoisotopic (exact) mass is 354 g/mol. The number of piperazine rings is 1. The molecule has 1 N–H and O–H groups in total. The first-order chi connectivity index (χ1) is 10.2. The Morgan fingerprint density at radius 1 is 1.38 bits per heavy atom. The van der Waals surface area contributed by atoms with Crippen LogP contribution in [-0.2, 0) is 6.54 Å². The molecule has 21 heavy (non-hydrogen) atoms. The van der Waals surface area contributed by atoms with Gasteiger partial charge < -0.3 is 5.32 Å².